The van der Waals surface area contributed by atoms with Crippen LogP contribution in [0.4, 0.5) is 5.69 Å². The van der Waals surface area contributed by atoms with Gasteiger partial charge in [0.05, 0.1) is 13.2 Å². The largest absolute Gasteiger partial charge is 0.497 e. The van der Waals surface area contributed by atoms with Gasteiger partial charge in [-0.05, 0) is 89.2 Å². The molecule has 0 spiro atoms. The van der Waals surface area contributed by atoms with Crippen molar-refractivity contribution < 1.29 is 9.47 Å². The monoisotopic (exact) mass is 461 g/mol. The van der Waals surface area contributed by atoms with Gasteiger partial charge < -0.3 is 20.5 Å². The van der Waals surface area contributed by atoms with E-state index in [-0.39, 0.29) is 17.8 Å². The summed E-state index contributed by atoms with van der Waals surface area (Å²) in [7, 11) is 1.66. The molecule has 0 aromatic heterocycles. The Labute approximate surface area is 205 Å². The summed E-state index contributed by atoms with van der Waals surface area (Å²) >= 11 is 0. The number of nitrogen functional groups attached to an aromatic ring is 1. The molecule has 5 nitrogen and oxygen atoms in total. The van der Waals surface area contributed by atoms with Crippen LogP contribution in [-0.2, 0) is 6.42 Å². The van der Waals surface area contributed by atoms with Crippen molar-refractivity contribution in [1.29, 1.82) is 5.41 Å². The first kappa shape index (κ1) is 21.3. The molecule has 4 aromatic carbocycles. The van der Waals surface area contributed by atoms with E-state index in [0.29, 0.717) is 5.92 Å². The normalized spacial score (nSPS) is 19.6. The number of anilines is 1. The van der Waals surface area contributed by atoms with Crippen LogP contribution in [0.5, 0.6) is 17.2 Å². The Balaban J connectivity index is 1.38. The lowest BCUT2D eigenvalue weighted by molar-refractivity contribution is 0.412. The van der Waals surface area contributed by atoms with Crippen molar-refractivity contribution >= 4 is 11.5 Å². The number of fused-ring (bicyclic) bond motifs is 5. The molecule has 0 saturated carbocycles. The van der Waals surface area contributed by atoms with Gasteiger partial charge in [0.15, 0.2) is 0 Å². The van der Waals surface area contributed by atoms with Crippen LogP contribution in [0.1, 0.15) is 39.8 Å². The topological polar surface area (TPSA) is 80.4 Å². The summed E-state index contributed by atoms with van der Waals surface area (Å²) in [5.41, 5.74) is 12.9. The van der Waals surface area contributed by atoms with Gasteiger partial charge in [0, 0.05) is 17.2 Å². The third kappa shape index (κ3) is 3.79. The standard InChI is InChI=1S/C30H27N3O2/c1-34-21-10-12-22(13-11-21)35-23-7-4-6-19(15-23)29-26-16-18-5-2-3-8-24(18)28(26)25-17-20(30(31)32)9-14-27(25)33-29/h2-15,17,26,28-29,33H,16H2,1H3,(H3,31,32). The van der Waals surface area contributed by atoms with Crippen molar-refractivity contribution in [2.45, 2.75) is 18.4 Å². The molecule has 35 heavy (non-hydrogen) atoms. The first-order chi connectivity index (χ1) is 17.1. The van der Waals surface area contributed by atoms with Crippen molar-refractivity contribution in [3.63, 3.8) is 0 Å². The second-order valence-corrected chi connectivity index (χ2v) is 9.23. The van der Waals surface area contributed by atoms with Crippen LogP contribution < -0.4 is 20.5 Å². The predicted molar refractivity (Wildman–Crippen MR) is 139 cm³/mol. The highest BCUT2D eigenvalue weighted by Gasteiger charge is 2.43. The average Bonchev–Trinajstić information content (AvgIpc) is 3.28. The SMILES string of the molecule is COc1ccc(Oc2cccc(C3Nc4ccc(C(=N)N)cc4C4c5ccccc5CC34)c2)cc1. The van der Waals surface area contributed by atoms with Gasteiger partial charge in [-0.1, -0.05) is 36.4 Å². The van der Waals surface area contributed by atoms with E-state index >= 15 is 0 Å². The first-order valence-corrected chi connectivity index (χ1v) is 11.9. The van der Waals surface area contributed by atoms with Crippen LogP contribution in [0.25, 0.3) is 0 Å². The van der Waals surface area contributed by atoms with Gasteiger partial charge in [0.25, 0.3) is 0 Å². The van der Waals surface area contributed by atoms with Crippen molar-refractivity contribution in [3.05, 3.63) is 119 Å². The summed E-state index contributed by atoms with van der Waals surface area (Å²) in [6, 6.07) is 30.9. The van der Waals surface area contributed by atoms with E-state index in [2.05, 4.69) is 59.9 Å². The van der Waals surface area contributed by atoms with E-state index in [1.54, 1.807) is 7.11 Å². The fourth-order valence-corrected chi connectivity index (χ4v) is 5.61. The molecule has 1 aliphatic heterocycles. The fraction of sp³-hybridized carbons (Fsp3) is 0.167. The van der Waals surface area contributed by atoms with Gasteiger partial charge in [-0.3, -0.25) is 5.41 Å². The second kappa shape index (κ2) is 8.51. The third-order valence-electron chi connectivity index (χ3n) is 7.22. The molecule has 5 heteroatoms. The summed E-state index contributed by atoms with van der Waals surface area (Å²) < 4.78 is 11.4. The van der Waals surface area contributed by atoms with Crippen molar-refractivity contribution in [2.75, 3.05) is 12.4 Å². The van der Waals surface area contributed by atoms with Gasteiger partial charge in [-0.2, -0.15) is 0 Å². The number of hydrogen-bond acceptors (Lipinski definition) is 4. The minimum Gasteiger partial charge on any atom is -0.497 e. The lowest BCUT2D eigenvalue weighted by Gasteiger charge is -2.38. The average molecular weight is 462 g/mol. The Hall–Kier alpha value is -4.25. The Morgan fingerprint density at radius 2 is 1.66 bits per heavy atom. The lowest BCUT2D eigenvalue weighted by atomic mass is 9.75. The molecule has 0 fully saturated rings. The molecule has 174 valence electrons. The molecule has 0 bridgehead atoms. The molecular weight excluding hydrogens is 434 g/mol. The summed E-state index contributed by atoms with van der Waals surface area (Å²) in [6.07, 6.45) is 0.992. The van der Waals surface area contributed by atoms with Gasteiger partial charge >= 0.3 is 0 Å². The first-order valence-electron chi connectivity index (χ1n) is 11.9. The fourth-order valence-electron chi connectivity index (χ4n) is 5.61. The van der Waals surface area contributed by atoms with Crippen LogP contribution >= 0.6 is 0 Å². The number of hydrogen-bond donors (Lipinski definition) is 3. The molecule has 6 rings (SSSR count). The van der Waals surface area contributed by atoms with Crippen molar-refractivity contribution in [1.82, 2.24) is 0 Å². The maximum Gasteiger partial charge on any atom is 0.127 e. The maximum atomic E-state index is 7.94. The summed E-state index contributed by atoms with van der Waals surface area (Å²) in [5.74, 6) is 3.07. The Morgan fingerprint density at radius 1 is 0.857 bits per heavy atom. The predicted octanol–water partition coefficient (Wildman–Crippen LogP) is 6.24. The van der Waals surface area contributed by atoms with Gasteiger partial charge in [0.2, 0.25) is 0 Å². The van der Waals surface area contributed by atoms with Gasteiger partial charge in [0.1, 0.15) is 23.1 Å². The zero-order valence-electron chi connectivity index (χ0n) is 19.5. The molecule has 1 aliphatic carbocycles. The number of amidine groups is 1. The zero-order valence-corrected chi connectivity index (χ0v) is 19.5. The third-order valence-corrected chi connectivity index (χ3v) is 7.22. The van der Waals surface area contributed by atoms with E-state index in [1.807, 2.05) is 36.4 Å². The number of ether oxygens (including phenoxy) is 2. The Morgan fingerprint density at radius 3 is 2.46 bits per heavy atom. The quantitative estimate of drug-likeness (QED) is 0.243. The van der Waals surface area contributed by atoms with E-state index in [4.69, 9.17) is 20.6 Å². The summed E-state index contributed by atoms with van der Waals surface area (Å²) in [5, 5.41) is 11.7. The number of rotatable bonds is 5. The molecule has 0 radical (unpaired) electrons. The van der Waals surface area contributed by atoms with Gasteiger partial charge in [-0.15, -0.1) is 0 Å². The minimum atomic E-state index is 0.0983. The summed E-state index contributed by atoms with van der Waals surface area (Å²) in [6.45, 7) is 0. The molecule has 1 heterocycles. The minimum absolute atomic E-state index is 0.0983. The lowest BCUT2D eigenvalue weighted by Crippen LogP contribution is -2.30. The van der Waals surface area contributed by atoms with Crippen LogP contribution in [0.15, 0.2) is 91.0 Å². The molecule has 4 aromatic rings. The molecule has 3 atom stereocenters. The highest BCUT2D eigenvalue weighted by molar-refractivity contribution is 5.95. The molecule has 0 amide bonds. The van der Waals surface area contributed by atoms with E-state index < -0.39 is 0 Å². The number of nitrogens with one attached hydrogen (secondary N) is 2. The Kier molecular flexibility index (Phi) is 5.18. The molecule has 2 aliphatic rings. The van der Waals surface area contributed by atoms with Crippen molar-refractivity contribution in [3.8, 4) is 17.2 Å². The molecule has 0 saturated heterocycles. The van der Waals surface area contributed by atoms with Crippen LogP contribution in [0.2, 0.25) is 0 Å². The van der Waals surface area contributed by atoms with Crippen LogP contribution in [0.3, 0.4) is 0 Å². The van der Waals surface area contributed by atoms with E-state index in [9.17, 15) is 0 Å². The molecule has 4 N–H and O–H groups in total. The molecule has 3 unspecified atom stereocenters. The highest BCUT2D eigenvalue weighted by Crippen LogP contribution is 2.54. The second-order valence-electron chi connectivity index (χ2n) is 9.23. The zero-order chi connectivity index (χ0) is 23.9. The van der Waals surface area contributed by atoms with E-state index in [1.165, 1.54) is 22.3 Å². The number of nitrogens with two attached hydrogens (primary N) is 1. The van der Waals surface area contributed by atoms with Crippen LogP contribution in [0, 0.1) is 11.3 Å². The Bertz CT molecular complexity index is 1410. The molecular formula is C30H27N3O2. The highest BCUT2D eigenvalue weighted by atomic mass is 16.5. The van der Waals surface area contributed by atoms with E-state index in [0.717, 1.165) is 34.9 Å². The smallest absolute Gasteiger partial charge is 0.127 e. The number of benzene rings is 4. The number of methoxy groups -OCH3 is 1. The maximum absolute atomic E-state index is 7.94. The summed E-state index contributed by atoms with van der Waals surface area (Å²) in [4.78, 5) is 0. The van der Waals surface area contributed by atoms with Gasteiger partial charge in [-0.25, -0.2) is 0 Å². The van der Waals surface area contributed by atoms with Crippen molar-refractivity contribution in [2.24, 2.45) is 11.7 Å². The van der Waals surface area contributed by atoms with Crippen LogP contribution in [-0.4, -0.2) is 12.9 Å².